The molecule has 2 aliphatic rings. The van der Waals surface area contributed by atoms with Gasteiger partial charge in [0.25, 0.3) is 0 Å². The second-order valence-electron chi connectivity index (χ2n) is 5.95. The van der Waals surface area contributed by atoms with Crippen LogP contribution in [0.5, 0.6) is 0 Å². The van der Waals surface area contributed by atoms with E-state index in [-0.39, 0.29) is 11.9 Å². The molecule has 0 aromatic heterocycles. The van der Waals surface area contributed by atoms with Crippen molar-refractivity contribution < 1.29 is 9.53 Å². The number of benzene rings is 1. The van der Waals surface area contributed by atoms with Crippen LogP contribution in [-0.2, 0) is 9.53 Å². The highest BCUT2D eigenvalue weighted by atomic mass is 16.5. The van der Waals surface area contributed by atoms with Gasteiger partial charge >= 0.3 is 0 Å². The second-order valence-corrected chi connectivity index (χ2v) is 5.95. The Morgan fingerprint density at radius 1 is 1.14 bits per heavy atom. The third-order valence-electron chi connectivity index (χ3n) is 4.68. The fourth-order valence-corrected chi connectivity index (χ4v) is 3.36. The van der Waals surface area contributed by atoms with Gasteiger partial charge in [-0.1, -0.05) is 12.1 Å². The van der Waals surface area contributed by atoms with E-state index >= 15 is 0 Å². The zero-order valence-corrected chi connectivity index (χ0v) is 12.7. The first kappa shape index (κ1) is 14.5. The maximum atomic E-state index is 12.4. The van der Waals surface area contributed by atoms with Gasteiger partial charge in [-0.05, 0) is 56.3 Å². The molecule has 1 unspecified atom stereocenters. The van der Waals surface area contributed by atoms with Crippen LogP contribution in [0.1, 0.15) is 37.2 Å². The van der Waals surface area contributed by atoms with Crippen LogP contribution in [0.4, 0.5) is 5.69 Å². The van der Waals surface area contributed by atoms with Crippen LogP contribution in [0.25, 0.3) is 0 Å². The van der Waals surface area contributed by atoms with Gasteiger partial charge in [0.2, 0.25) is 5.91 Å². The maximum absolute atomic E-state index is 12.4. The van der Waals surface area contributed by atoms with E-state index in [0.717, 1.165) is 51.1 Å². The largest absolute Gasteiger partial charge is 0.381 e. The van der Waals surface area contributed by atoms with Crippen molar-refractivity contribution >= 4 is 11.6 Å². The van der Waals surface area contributed by atoms with Crippen molar-refractivity contribution in [3.8, 4) is 0 Å². The monoisotopic (exact) mass is 288 g/mol. The Morgan fingerprint density at radius 2 is 1.86 bits per heavy atom. The summed E-state index contributed by atoms with van der Waals surface area (Å²) in [7, 11) is 1.86. The van der Waals surface area contributed by atoms with E-state index in [9.17, 15) is 4.79 Å². The lowest BCUT2D eigenvalue weighted by Crippen LogP contribution is -2.49. The lowest BCUT2D eigenvalue weighted by molar-refractivity contribution is -0.121. The number of hydrogen-bond acceptors (Lipinski definition) is 3. The van der Waals surface area contributed by atoms with E-state index in [1.807, 2.05) is 11.9 Å². The molecule has 2 fully saturated rings. The van der Waals surface area contributed by atoms with Crippen molar-refractivity contribution in [2.24, 2.45) is 0 Å². The Bertz CT molecular complexity index is 480. The number of piperidine rings is 1. The highest BCUT2D eigenvalue weighted by molar-refractivity contribution is 5.97. The molecule has 2 aliphatic heterocycles. The van der Waals surface area contributed by atoms with Crippen molar-refractivity contribution in [1.29, 1.82) is 0 Å². The standard InChI is InChI=1S/C17H24N2O2/c1-18-16-3-2-10-19(17(16)20)15-6-4-13(5-7-15)14-8-11-21-12-9-14/h4-7,14,16,18H,2-3,8-12H2,1H3. The Labute approximate surface area is 126 Å². The summed E-state index contributed by atoms with van der Waals surface area (Å²) in [5.74, 6) is 0.803. The fourth-order valence-electron chi connectivity index (χ4n) is 3.36. The highest BCUT2D eigenvalue weighted by Crippen LogP contribution is 2.29. The molecule has 1 aromatic rings. The van der Waals surface area contributed by atoms with Crippen LogP contribution < -0.4 is 10.2 Å². The highest BCUT2D eigenvalue weighted by Gasteiger charge is 2.28. The minimum atomic E-state index is -0.0334. The normalized spacial score (nSPS) is 24.3. The molecule has 21 heavy (non-hydrogen) atoms. The first-order chi connectivity index (χ1) is 10.3. The van der Waals surface area contributed by atoms with Gasteiger partial charge in [-0.3, -0.25) is 4.79 Å². The summed E-state index contributed by atoms with van der Waals surface area (Å²) in [5, 5.41) is 3.11. The second kappa shape index (κ2) is 6.58. The molecule has 114 valence electrons. The summed E-state index contributed by atoms with van der Waals surface area (Å²) in [6.07, 6.45) is 4.19. The van der Waals surface area contributed by atoms with E-state index < -0.39 is 0 Å². The lowest BCUT2D eigenvalue weighted by atomic mass is 9.91. The van der Waals surface area contributed by atoms with Gasteiger partial charge < -0.3 is 15.0 Å². The maximum Gasteiger partial charge on any atom is 0.244 e. The van der Waals surface area contributed by atoms with E-state index in [1.54, 1.807) is 0 Å². The summed E-state index contributed by atoms with van der Waals surface area (Å²) in [6, 6.07) is 8.53. The molecule has 2 heterocycles. The lowest BCUT2D eigenvalue weighted by Gasteiger charge is -2.32. The molecule has 0 saturated carbocycles. The fraction of sp³-hybridized carbons (Fsp3) is 0.588. The predicted octanol–water partition coefficient (Wildman–Crippen LogP) is 2.30. The van der Waals surface area contributed by atoms with Gasteiger partial charge in [-0.25, -0.2) is 0 Å². The number of likely N-dealkylation sites (N-methyl/N-ethyl adjacent to an activating group) is 1. The van der Waals surface area contributed by atoms with Crippen LogP contribution >= 0.6 is 0 Å². The third-order valence-corrected chi connectivity index (χ3v) is 4.68. The first-order valence-corrected chi connectivity index (χ1v) is 7.96. The minimum absolute atomic E-state index is 0.0334. The smallest absolute Gasteiger partial charge is 0.244 e. The molecule has 1 amide bonds. The third kappa shape index (κ3) is 3.11. The molecule has 3 rings (SSSR count). The zero-order chi connectivity index (χ0) is 14.7. The Kier molecular flexibility index (Phi) is 4.56. The van der Waals surface area contributed by atoms with Crippen molar-refractivity contribution in [2.75, 3.05) is 31.7 Å². The van der Waals surface area contributed by atoms with E-state index in [2.05, 4.69) is 29.6 Å². The van der Waals surface area contributed by atoms with E-state index in [0.29, 0.717) is 5.92 Å². The average Bonchev–Trinajstić information content (AvgIpc) is 2.56. The Hall–Kier alpha value is -1.39. The quantitative estimate of drug-likeness (QED) is 0.928. The Balaban J connectivity index is 1.72. The molecule has 0 radical (unpaired) electrons. The van der Waals surface area contributed by atoms with Crippen LogP contribution in [0, 0.1) is 0 Å². The average molecular weight is 288 g/mol. The number of amides is 1. The van der Waals surface area contributed by atoms with E-state index in [4.69, 9.17) is 4.74 Å². The van der Waals surface area contributed by atoms with Crippen LogP contribution in [-0.4, -0.2) is 38.8 Å². The number of nitrogens with one attached hydrogen (secondary N) is 1. The van der Waals surface area contributed by atoms with Crippen molar-refractivity contribution in [1.82, 2.24) is 5.32 Å². The molecule has 0 bridgehead atoms. The summed E-state index contributed by atoms with van der Waals surface area (Å²) >= 11 is 0. The topological polar surface area (TPSA) is 41.6 Å². The van der Waals surface area contributed by atoms with Gasteiger partial charge in [-0.2, -0.15) is 0 Å². The minimum Gasteiger partial charge on any atom is -0.381 e. The summed E-state index contributed by atoms with van der Waals surface area (Å²) in [5.41, 5.74) is 2.40. The molecule has 4 nitrogen and oxygen atoms in total. The molecule has 0 aliphatic carbocycles. The number of anilines is 1. The summed E-state index contributed by atoms with van der Waals surface area (Å²) < 4.78 is 5.42. The van der Waals surface area contributed by atoms with Gasteiger partial charge in [0.15, 0.2) is 0 Å². The van der Waals surface area contributed by atoms with Crippen LogP contribution in [0.2, 0.25) is 0 Å². The van der Waals surface area contributed by atoms with Crippen LogP contribution in [0.3, 0.4) is 0 Å². The number of carbonyl (C=O) groups is 1. The molecule has 2 saturated heterocycles. The zero-order valence-electron chi connectivity index (χ0n) is 12.7. The molecule has 1 atom stereocenters. The van der Waals surface area contributed by atoms with Crippen molar-refractivity contribution in [3.05, 3.63) is 29.8 Å². The van der Waals surface area contributed by atoms with Crippen molar-refractivity contribution in [3.63, 3.8) is 0 Å². The van der Waals surface area contributed by atoms with Gasteiger partial charge in [0, 0.05) is 25.4 Å². The number of carbonyl (C=O) groups excluding carboxylic acids is 1. The number of nitrogens with zero attached hydrogens (tertiary/aromatic N) is 1. The van der Waals surface area contributed by atoms with Gasteiger partial charge in [0.1, 0.15) is 0 Å². The summed E-state index contributed by atoms with van der Waals surface area (Å²) in [6.45, 7) is 2.55. The van der Waals surface area contributed by atoms with Crippen molar-refractivity contribution in [2.45, 2.75) is 37.6 Å². The molecule has 1 N–H and O–H groups in total. The SMILES string of the molecule is CNC1CCCN(c2ccc(C3CCOCC3)cc2)C1=O. The van der Waals surface area contributed by atoms with Gasteiger partial charge in [0.05, 0.1) is 6.04 Å². The molecular weight excluding hydrogens is 264 g/mol. The Morgan fingerprint density at radius 3 is 2.52 bits per heavy atom. The number of ether oxygens (including phenoxy) is 1. The molecule has 1 aromatic carbocycles. The van der Waals surface area contributed by atoms with E-state index in [1.165, 1.54) is 5.56 Å². The molecular formula is C17H24N2O2. The van der Waals surface area contributed by atoms with Crippen LogP contribution in [0.15, 0.2) is 24.3 Å². The molecule has 4 heteroatoms. The summed E-state index contributed by atoms with van der Waals surface area (Å²) in [4.78, 5) is 14.3. The van der Waals surface area contributed by atoms with Gasteiger partial charge in [-0.15, -0.1) is 0 Å². The number of rotatable bonds is 3. The first-order valence-electron chi connectivity index (χ1n) is 7.96. The number of hydrogen-bond donors (Lipinski definition) is 1. The molecule has 0 spiro atoms. The predicted molar refractivity (Wildman–Crippen MR) is 83.7 cm³/mol.